The van der Waals surface area contributed by atoms with Crippen molar-refractivity contribution in [1.82, 2.24) is 4.90 Å². The van der Waals surface area contributed by atoms with Gasteiger partial charge in [-0.15, -0.1) is 0 Å². The van der Waals surface area contributed by atoms with Gasteiger partial charge in [0.25, 0.3) is 0 Å². The predicted octanol–water partition coefficient (Wildman–Crippen LogP) is 3.93. The molecule has 1 aliphatic carbocycles. The molecule has 112 valence electrons. The number of likely N-dealkylation sites (N-methyl/N-ethyl adjacent to an activating group) is 1. The van der Waals surface area contributed by atoms with Crippen LogP contribution in [0.1, 0.15) is 56.3 Å². The van der Waals surface area contributed by atoms with Crippen LogP contribution in [0.25, 0.3) is 0 Å². The third-order valence-corrected chi connectivity index (χ3v) is 5.03. The SMILES string of the molecule is CCC1CCC(N(C)CC(O)c2ccccc2C)CC1. The standard InChI is InChI=1S/C18H29NO/c1-4-15-9-11-16(12-10-15)19(3)13-18(20)17-8-6-5-7-14(17)2/h5-8,15-16,18,20H,4,9-13H2,1-3H3. The van der Waals surface area contributed by atoms with Crippen LogP contribution in [-0.4, -0.2) is 29.6 Å². The molecule has 0 saturated heterocycles. The summed E-state index contributed by atoms with van der Waals surface area (Å²) in [7, 11) is 2.17. The van der Waals surface area contributed by atoms with Crippen molar-refractivity contribution in [2.45, 2.75) is 58.1 Å². The van der Waals surface area contributed by atoms with Gasteiger partial charge in [0.15, 0.2) is 0 Å². The lowest BCUT2D eigenvalue weighted by Crippen LogP contribution is -2.37. The molecule has 0 bridgehead atoms. The number of rotatable bonds is 5. The zero-order valence-electron chi connectivity index (χ0n) is 13.2. The summed E-state index contributed by atoms with van der Waals surface area (Å²) in [5.41, 5.74) is 2.25. The summed E-state index contributed by atoms with van der Waals surface area (Å²) < 4.78 is 0. The van der Waals surface area contributed by atoms with E-state index in [9.17, 15) is 5.11 Å². The first-order chi connectivity index (χ1) is 9.61. The van der Waals surface area contributed by atoms with Crippen molar-refractivity contribution < 1.29 is 5.11 Å². The van der Waals surface area contributed by atoms with Crippen LogP contribution in [-0.2, 0) is 0 Å². The summed E-state index contributed by atoms with van der Waals surface area (Å²) in [5.74, 6) is 0.931. The summed E-state index contributed by atoms with van der Waals surface area (Å²) in [4.78, 5) is 2.36. The van der Waals surface area contributed by atoms with Gasteiger partial charge in [-0.1, -0.05) is 37.6 Å². The number of hydrogen-bond donors (Lipinski definition) is 1. The lowest BCUT2D eigenvalue weighted by atomic mass is 9.84. The molecule has 1 fully saturated rings. The fourth-order valence-corrected chi connectivity index (χ4v) is 3.47. The molecule has 1 aromatic carbocycles. The molecule has 0 radical (unpaired) electrons. The molecule has 0 amide bonds. The van der Waals surface area contributed by atoms with Crippen molar-refractivity contribution in [3.05, 3.63) is 35.4 Å². The van der Waals surface area contributed by atoms with Crippen molar-refractivity contribution in [3.63, 3.8) is 0 Å². The first kappa shape index (κ1) is 15.5. The van der Waals surface area contributed by atoms with E-state index < -0.39 is 0 Å². The molecule has 1 saturated carbocycles. The van der Waals surface area contributed by atoms with E-state index in [1.54, 1.807) is 0 Å². The van der Waals surface area contributed by atoms with Crippen LogP contribution in [0.4, 0.5) is 0 Å². The molecule has 0 aromatic heterocycles. The highest BCUT2D eigenvalue weighted by molar-refractivity contribution is 5.27. The van der Waals surface area contributed by atoms with Crippen molar-refractivity contribution in [1.29, 1.82) is 0 Å². The largest absolute Gasteiger partial charge is 0.387 e. The molecule has 1 aliphatic rings. The van der Waals surface area contributed by atoms with Crippen LogP contribution in [0.5, 0.6) is 0 Å². The highest BCUT2D eigenvalue weighted by Gasteiger charge is 2.24. The molecule has 0 aliphatic heterocycles. The highest BCUT2D eigenvalue weighted by Crippen LogP contribution is 2.30. The fourth-order valence-electron chi connectivity index (χ4n) is 3.47. The van der Waals surface area contributed by atoms with E-state index in [-0.39, 0.29) is 6.10 Å². The topological polar surface area (TPSA) is 23.5 Å². The predicted molar refractivity (Wildman–Crippen MR) is 84.8 cm³/mol. The molecule has 2 rings (SSSR count). The summed E-state index contributed by atoms with van der Waals surface area (Å²) >= 11 is 0. The summed E-state index contributed by atoms with van der Waals surface area (Å²) in [6.45, 7) is 5.12. The molecule has 1 N–H and O–H groups in total. The average molecular weight is 275 g/mol. The second-order valence-corrected chi connectivity index (χ2v) is 6.39. The van der Waals surface area contributed by atoms with Crippen molar-refractivity contribution >= 4 is 0 Å². The lowest BCUT2D eigenvalue weighted by molar-refractivity contribution is 0.0836. The third-order valence-electron chi connectivity index (χ3n) is 5.03. The molecular weight excluding hydrogens is 246 g/mol. The van der Waals surface area contributed by atoms with Gasteiger partial charge >= 0.3 is 0 Å². The average Bonchev–Trinajstić information content (AvgIpc) is 2.47. The number of aliphatic hydroxyl groups excluding tert-OH is 1. The Labute approximate surface area is 123 Å². The molecule has 0 spiro atoms. The molecule has 2 nitrogen and oxygen atoms in total. The van der Waals surface area contributed by atoms with Crippen molar-refractivity contribution in [3.8, 4) is 0 Å². The van der Waals surface area contributed by atoms with Crippen LogP contribution in [0.2, 0.25) is 0 Å². The molecule has 2 heteroatoms. The van der Waals surface area contributed by atoms with Gasteiger partial charge in [0, 0.05) is 12.6 Å². The third kappa shape index (κ3) is 3.83. The fraction of sp³-hybridized carbons (Fsp3) is 0.667. The van der Waals surface area contributed by atoms with Crippen LogP contribution in [0.3, 0.4) is 0 Å². The van der Waals surface area contributed by atoms with E-state index in [2.05, 4.69) is 31.9 Å². The second kappa shape index (κ2) is 7.24. The Balaban J connectivity index is 1.88. The maximum atomic E-state index is 10.5. The smallest absolute Gasteiger partial charge is 0.0919 e. The van der Waals surface area contributed by atoms with E-state index in [1.165, 1.54) is 37.7 Å². The minimum Gasteiger partial charge on any atom is -0.387 e. The first-order valence-electron chi connectivity index (χ1n) is 8.05. The van der Waals surface area contributed by atoms with Crippen LogP contribution in [0, 0.1) is 12.8 Å². The van der Waals surface area contributed by atoms with Gasteiger partial charge in [0.1, 0.15) is 0 Å². The molecule has 20 heavy (non-hydrogen) atoms. The molecule has 1 aromatic rings. The van der Waals surface area contributed by atoms with Crippen LogP contribution < -0.4 is 0 Å². The number of hydrogen-bond acceptors (Lipinski definition) is 2. The Morgan fingerprint density at radius 2 is 1.85 bits per heavy atom. The van der Waals surface area contributed by atoms with Gasteiger partial charge in [-0.25, -0.2) is 0 Å². The van der Waals surface area contributed by atoms with E-state index in [4.69, 9.17) is 0 Å². The lowest BCUT2D eigenvalue weighted by Gasteiger charge is -2.35. The van der Waals surface area contributed by atoms with E-state index in [0.717, 1.165) is 18.0 Å². The normalized spacial score (nSPS) is 24.9. The van der Waals surface area contributed by atoms with Gasteiger partial charge in [0.2, 0.25) is 0 Å². The minimum atomic E-state index is -0.370. The molecule has 1 unspecified atom stereocenters. The van der Waals surface area contributed by atoms with Crippen molar-refractivity contribution in [2.75, 3.05) is 13.6 Å². The van der Waals surface area contributed by atoms with E-state index >= 15 is 0 Å². The zero-order valence-corrected chi connectivity index (χ0v) is 13.2. The van der Waals surface area contributed by atoms with Gasteiger partial charge in [-0.05, 0) is 56.7 Å². The zero-order chi connectivity index (χ0) is 14.5. The monoisotopic (exact) mass is 275 g/mol. The summed E-state index contributed by atoms with van der Waals surface area (Å²) in [6, 6.07) is 8.81. The summed E-state index contributed by atoms with van der Waals surface area (Å²) in [6.07, 6.45) is 6.23. The number of aliphatic hydroxyl groups is 1. The Hall–Kier alpha value is -0.860. The highest BCUT2D eigenvalue weighted by atomic mass is 16.3. The number of nitrogens with zero attached hydrogens (tertiary/aromatic N) is 1. The van der Waals surface area contributed by atoms with E-state index in [1.807, 2.05) is 18.2 Å². The van der Waals surface area contributed by atoms with Crippen LogP contribution >= 0.6 is 0 Å². The molecule has 1 atom stereocenters. The first-order valence-corrected chi connectivity index (χ1v) is 8.05. The molecule has 0 heterocycles. The van der Waals surface area contributed by atoms with Gasteiger partial charge < -0.3 is 10.0 Å². The van der Waals surface area contributed by atoms with Gasteiger partial charge in [-0.3, -0.25) is 0 Å². The second-order valence-electron chi connectivity index (χ2n) is 6.39. The Morgan fingerprint density at radius 1 is 1.20 bits per heavy atom. The Morgan fingerprint density at radius 3 is 2.45 bits per heavy atom. The molecular formula is C18H29NO. The Kier molecular flexibility index (Phi) is 5.62. The number of aryl methyl sites for hydroxylation is 1. The van der Waals surface area contributed by atoms with Crippen molar-refractivity contribution in [2.24, 2.45) is 5.92 Å². The van der Waals surface area contributed by atoms with Gasteiger partial charge in [-0.2, -0.15) is 0 Å². The maximum absolute atomic E-state index is 10.5. The quantitative estimate of drug-likeness (QED) is 0.880. The number of benzene rings is 1. The minimum absolute atomic E-state index is 0.370. The van der Waals surface area contributed by atoms with Gasteiger partial charge in [0.05, 0.1) is 6.10 Å². The summed E-state index contributed by atoms with van der Waals surface area (Å²) in [5, 5.41) is 10.5. The van der Waals surface area contributed by atoms with E-state index in [0.29, 0.717) is 6.04 Å². The Bertz CT molecular complexity index is 410. The van der Waals surface area contributed by atoms with Crippen LogP contribution in [0.15, 0.2) is 24.3 Å². The maximum Gasteiger partial charge on any atom is 0.0919 e.